The molecule has 27 heavy (non-hydrogen) atoms. The van der Waals surface area contributed by atoms with Crippen LogP contribution in [0, 0.1) is 13.8 Å². The number of rotatable bonds is 5. The van der Waals surface area contributed by atoms with Gasteiger partial charge < -0.3 is 4.90 Å². The highest BCUT2D eigenvalue weighted by molar-refractivity contribution is 8.00. The Balaban J connectivity index is 2.14. The average Bonchev–Trinajstić information content (AvgIpc) is 2.68. The topological polar surface area (TPSA) is 37.4 Å². The van der Waals surface area contributed by atoms with Crippen molar-refractivity contribution in [2.24, 2.45) is 0 Å². The molecule has 0 heterocycles. The molecule has 0 aliphatic rings. The van der Waals surface area contributed by atoms with Crippen molar-refractivity contribution in [3.63, 3.8) is 0 Å². The molecule has 0 radical (unpaired) electrons. The van der Waals surface area contributed by atoms with Crippen LogP contribution in [0.3, 0.4) is 0 Å². The van der Waals surface area contributed by atoms with Crippen LogP contribution in [0.1, 0.15) is 16.7 Å². The molecule has 0 amide bonds. The molecule has 0 fully saturated rings. The number of para-hydroxylation sites is 1. The monoisotopic (exact) mass is 377 g/mol. The Kier molecular flexibility index (Phi) is 5.47. The van der Waals surface area contributed by atoms with Gasteiger partial charge >= 0.3 is 0 Å². The SMILES string of the molecule is Cc1ccc(C(=CN(C)c2ccccc2)S(=O)(=O)c2ccc(C)cc2)cc1. The van der Waals surface area contributed by atoms with Gasteiger partial charge in [0, 0.05) is 18.9 Å². The minimum atomic E-state index is -3.67. The molecule has 0 unspecified atom stereocenters. The minimum absolute atomic E-state index is 0.276. The molecule has 0 saturated heterocycles. The molecule has 0 aliphatic heterocycles. The van der Waals surface area contributed by atoms with Crippen LogP contribution in [-0.4, -0.2) is 15.5 Å². The molecule has 0 aliphatic carbocycles. The highest BCUT2D eigenvalue weighted by Crippen LogP contribution is 2.29. The smallest absolute Gasteiger partial charge is 0.208 e. The zero-order chi connectivity index (χ0) is 19.4. The third-order valence-corrected chi connectivity index (χ3v) is 6.24. The van der Waals surface area contributed by atoms with Crippen molar-refractivity contribution < 1.29 is 8.42 Å². The molecule has 0 N–H and O–H groups in total. The van der Waals surface area contributed by atoms with Crippen molar-refractivity contribution in [1.29, 1.82) is 0 Å². The average molecular weight is 378 g/mol. The van der Waals surface area contributed by atoms with Crippen LogP contribution in [0.5, 0.6) is 0 Å². The molecule has 4 heteroatoms. The Morgan fingerprint density at radius 2 is 1.30 bits per heavy atom. The number of benzene rings is 3. The maximum absolute atomic E-state index is 13.4. The summed E-state index contributed by atoms with van der Waals surface area (Å²) in [6, 6.07) is 24.2. The highest BCUT2D eigenvalue weighted by Gasteiger charge is 2.23. The lowest BCUT2D eigenvalue weighted by atomic mass is 10.1. The van der Waals surface area contributed by atoms with Crippen LogP contribution in [0.25, 0.3) is 4.91 Å². The summed E-state index contributed by atoms with van der Waals surface area (Å²) in [6.45, 7) is 3.92. The van der Waals surface area contributed by atoms with Crippen LogP contribution >= 0.6 is 0 Å². The van der Waals surface area contributed by atoms with Crippen LogP contribution in [-0.2, 0) is 9.84 Å². The van der Waals surface area contributed by atoms with Crippen molar-refractivity contribution in [2.45, 2.75) is 18.7 Å². The molecule has 3 nitrogen and oxygen atoms in total. The summed E-state index contributed by atoms with van der Waals surface area (Å²) in [6.07, 6.45) is 1.69. The fourth-order valence-electron chi connectivity index (χ4n) is 2.77. The van der Waals surface area contributed by atoms with E-state index >= 15 is 0 Å². The lowest BCUT2D eigenvalue weighted by molar-refractivity contribution is 0.605. The zero-order valence-electron chi connectivity index (χ0n) is 15.8. The maximum atomic E-state index is 13.4. The summed E-state index contributed by atoms with van der Waals surface area (Å²) < 4.78 is 26.8. The van der Waals surface area contributed by atoms with E-state index in [0.717, 1.165) is 16.8 Å². The van der Waals surface area contributed by atoms with Crippen molar-refractivity contribution in [2.75, 3.05) is 11.9 Å². The van der Waals surface area contributed by atoms with Gasteiger partial charge in [-0.3, -0.25) is 0 Å². The van der Waals surface area contributed by atoms with E-state index in [2.05, 4.69) is 0 Å². The van der Waals surface area contributed by atoms with Gasteiger partial charge in [0.2, 0.25) is 9.84 Å². The molecular weight excluding hydrogens is 354 g/mol. The van der Waals surface area contributed by atoms with E-state index < -0.39 is 9.84 Å². The highest BCUT2D eigenvalue weighted by atomic mass is 32.2. The van der Waals surface area contributed by atoms with Gasteiger partial charge in [-0.2, -0.15) is 0 Å². The zero-order valence-corrected chi connectivity index (χ0v) is 16.6. The summed E-state index contributed by atoms with van der Waals surface area (Å²) in [4.78, 5) is 2.40. The molecule has 138 valence electrons. The molecule has 0 aromatic heterocycles. The largest absolute Gasteiger partial charge is 0.350 e. The number of hydrogen-bond donors (Lipinski definition) is 0. The molecule has 0 atom stereocenters. The summed E-state index contributed by atoms with van der Waals surface area (Å²) in [7, 11) is -1.81. The van der Waals surface area contributed by atoms with Crippen LogP contribution in [0.4, 0.5) is 5.69 Å². The van der Waals surface area contributed by atoms with Crippen molar-refractivity contribution in [3.8, 4) is 0 Å². The number of hydrogen-bond acceptors (Lipinski definition) is 3. The quantitative estimate of drug-likeness (QED) is 0.612. The third-order valence-electron chi connectivity index (χ3n) is 4.43. The van der Waals surface area contributed by atoms with E-state index in [1.54, 1.807) is 18.3 Å². The predicted octanol–water partition coefficient (Wildman–Crippen LogP) is 5.21. The van der Waals surface area contributed by atoms with Crippen molar-refractivity contribution in [1.82, 2.24) is 0 Å². The van der Waals surface area contributed by atoms with E-state index in [1.165, 1.54) is 0 Å². The van der Waals surface area contributed by atoms with E-state index in [9.17, 15) is 8.42 Å². The maximum Gasteiger partial charge on any atom is 0.208 e. The van der Waals surface area contributed by atoms with Crippen molar-refractivity contribution >= 4 is 20.4 Å². The number of nitrogens with zero attached hydrogens (tertiary/aromatic N) is 1. The van der Waals surface area contributed by atoms with E-state index in [-0.39, 0.29) is 4.91 Å². The van der Waals surface area contributed by atoms with Crippen LogP contribution < -0.4 is 4.90 Å². The van der Waals surface area contributed by atoms with Crippen molar-refractivity contribution in [3.05, 3.63) is 102 Å². The summed E-state index contributed by atoms with van der Waals surface area (Å²) in [5.74, 6) is 0. The predicted molar refractivity (Wildman–Crippen MR) is 112 cm³/mol. The minimum Gasteiger partial charge on any atom is -0.350 e. The van der Waals surface area contributed by atoms with Gasteiger partial charge in [-0.05, 0) is 43.7 Å². The van der Waals surface area contributed by atoms with E-state index in [0.29, 0.717) is 10.5 Å². The standard InChI is InChI=1S/C23H23NO2S/c1-18-9-13-20(14-10-18)23(17-24(3)21-7-5-4-6-8-21)27(25,26)22-15-11-19(2)12-16-22/h4-17H,1-3H3. The first-order chi connectivity index (χ1) is 12.9. The molecule has 0 spiro atoms. The van der Waals surface area contributed by atoms with Crippen LogP contribution in [0.2, 0.25) is 0 Å². The Hall–Kier alpha value is -2.85. The van der Waals surface area contributed by atoms with Gasteiger partial charge in [-0.1, -0.05) is 65.7 Å². The first-order valence-corrected chi connectivity index (χ1v) is 10.2. The fourth-order valence-corrected chi connectivity index (χ4v) is 4.27. The number of anilines is 1. The Labute approximate surface area is 161 Å². The summed E-state index contributed by atoms with van der Waals surface area (Å²) >= 11 is 0. The Morgan fingerprint density at radius 1 is 0.778 bits per heavy atom. The second kappa shape index (κ2) is 7.80. The van der Waals surface area contributed by atoms with E-state index in [1.807, 2.05) is 92.5 Å². The summed E-state index contributed by atoms with van der Waals surface area (Å²) in [5.41, 5.74) is 3.70. The number of aryl methyl sites for hydroxylation is 2. The second-order valence-corrected chi connectivity index (χ2v) is 8.54. The van der Waals surface area contributed by atoms with Gasteiger partial charge in [-0.25, -0.2) is 8.42 Å². The van der Waals surface area contributed by atoms with Crippen LogP contribution in [0.15, 0.2) is 90.0 Å². The fraction of sp³-hybridized carbons (Fsp3) is 0.130. The molecule has 3 rings (SSSR count). The Bertz CT molecular complexity index is 1040. The lowest BCUT2D eigenvalue weighted by Gasteiger charge is -2.18. The van der Waals surface area contributed by atoms with Gasteiger partial charge in [0.05, 0.1) is 9.80 Å². The van der Waals surface area contributed by atoms with Gasteiger partial charge in [0.25, 0.3) is 0 Å². The molecule has 0 saturated carbocycles. The van der Waals surface area contributed by atoms with Gasteiger partial charge in [0.1, 0.15) is 0 Å². The Morgan fingerprint density at radius 3 is 1.85 bits per heavy atom. The molecule has 3 aromatic carbocycles. The summed E-state index contributed by atoms with van der Waals surface area (Å²) in [5, 5.41) is 0. The molecular formula is C23H23NO2S. The van der Waals surface area contributed by atoms with E-state index in [4.69, 9.17) is 0 Å². The first kappa shape index (κ1) is 18.9. The lowest BCUT2D eigenvalue weighted by Crippen LogP contribution is -2.13. The van der Waals surface area contributed by atoms with Gasteiger partial charge in [0.15, 0.2) is 0 Å². The molecule has 3 aromatic rings. The number of sulfone groups is 1. The molecule has 0 bridgehead atoms. The second-order valence-electron chi connectivity index (χ2n) is 6.62. The first-order valence-electron chi connectivity index (χ1n) is 8.76. The normalized spacial score (nSPS) is 12.0. The third kappa shape index (κ3) is 4.29. The van der Waals surface area contributed by atoms with Gasteiger partial charge in [-0.15, -0.1) is 0 Å².